The van der Waals surface area contributed by atoms with E-state index in [0.717, 1.165) is 11.1 Å². The van der Waals surface area contributed by atoms with Gasteiger partial charge in [-0.1, -0.05) is 48.0 Å². The molecule has 2 atom stereocenters. The molecule has 0 fully saturated rings. The van der Waals surface area contributed by atoms with E-state index < -0.39 is 24.1 Å². The maximum absolute atomic E-state index is 12.8. The molecule has 7 nitrogen and oxygen atoms in total. The first-order valence-electron chi connectivity index (χ1n) is 9.03. The normalized spacial score (nSPS) is 12.5. The summed E-state index contributed by atoms with van der Waals surface area (Å²) >= 11 is 5.92. The summed E-state index contributed by atoms with van der Waals surface area (Å²) in [6.45, 7) is 1.89. The van der Waals surface area contributed by atoms with Gasteiger partial charge in [-0.15, -0.1) is 0 Å². The van der Waals surface area contributed by atoms with Crippen LogP contribution in [-0.4, -0.2) is 25.0 Å². The number of ether oxygens (including phenoxy) is 1. The number of methoxy groups -OCH3 is 1. The van der Waals surface area contributed by atoms with Crippen LogP contribution < -0.4 is 16.4 Å². The molecule has 2 rings (SSSR count). The Hall–Kier alpha value is -3.06. The van der Waals surface area contributed by atoms with Crippen LogP contribution in [0.5, 0.6) is 0 Å². The summed E-state index contributed by atoms with van der Waals surface area (Å²) < 4.78 is 4.74. The Morgan fingerprint density at radius 2 is 1.66 bits per heavy atom. The second-order valence-corrected chi connectivity index (χ2v) is 7.01. The molecule has 2 aromatic carbocycles. The van der Waals surface area contributed by atoms with Crippen LogP contribution in [-0.2, 0) is 14.3 Å². The van der Waals surface area contributed by atoms with Crippen LogP contribution in [0, 0.1) is 6.92 Å². The molecule has 0 bridgehead atoms. The summed E-state index contributed by atoms with van der Waals surface area (Å²) in [4.78, 5) is 36.0. The van der Waals surface area contributed by atoms with Gasteiger partial charge in [0, 0.05) is 5.02 Å². The molecule has 0 aliphatic carbocycles. The van der Waals surface area contributed by atoms with Gasteiger partial charge in [0.1, 0.15) is 0 Å². The van der Waals surface area contributed by atoms with Gasteiger partial charge >= 0.3 is 12.0 Å². The van der Waals surface area contributed by atoms with Crippen LogP contribution in [0.25, 0.3) is 0 Å². The Labute approximate surface area is 174 Å². The summed E-state index contributed by atoms with van der Waals surface area (Å²) in [5, 5.41) is 5.99. The summed E-state index contributed by atoms with van der Waals surface area (Å²) in [6.07, 6.45) is -0.0821. The highest BCUT2D eigenvalue weighted by molar-refractivity contribution is 6.30. The maximum atomic E-state index is 12.8. The molecule has 8 heteroatoms. The van der Waals surface area contributed by atoms with Gasteiger partial charge in [-0.05, 0) is 35.7 Å². The predicted molar refractivity (Wildman–Crippen MR) is 110 cm³/mol. The van der Waals surface area contributed by atoms with Crippen molar-refractivity contribution in [2.75, 3.05) is 7.11 Å². The first kappa shape index (κ1) is 22.2. The van der Waals surface area contributed by atoms with E-state index >= 15 is 0 Å². The zero-order chi connectivity index (χ0) is 21.4. The molecule has 0 aromatic heterocycles. The molecule has 154 valence electrons. The highest BCUT2D eigenvalue weighted by Crippen LogP contribution is 2.23. The number of amides is 3. The number of carbonyl (C=O) groups excluding carboxylic acids is 3. The quantitative estimate of drug-likeness (QED) is 0.573. The monoisotopic (exact) mass is 417 g/mol. The Morgan fingerprint density at radius 1 is 1.00 bits per heavy atom. The fourth-order valence-electron chi connectivity index (χ4n) is 3.02. The summed E-state index contributed by atoms with van der Waals surface area (Å²) in [5.41, 5.74) is 7.71. The van der Waals surface area contributed by atoms with E-state index in [4.69, 9.17) is 22.1 Å². The lowest BCUT2D eigenvalue weighted by atomic mass is 9.97. The summed E-state index contributed by atoms with van der Waals surface area (Å²) in [5.74, 6) is -0.813. The van der Waals surface area contributed by atoms with Crippen molar-refractivity contribution in [3.63, 3.8) is 0 Å². The fraction of sp³-hybridized carbons (Fsp3) is 0.286. The molecular weight excluding hydrogens is 394 g/mol. The molecule has 4 N–H and O–H groups in total. The molecule has 0 aliphatic rings. The largest absolute Gasteiger partial charge is 0.469 e. The van der Waals surface area contributed by atoms with E-state index in [1.54, 1.807) is 24.3 Å². The molecule has 0 saturated heterocycles. The molecule has 0 spiro atoms. The third-order valence-electron chi connectivity index (χ3n) is 4.48. The van der Waals surface area contributed by atoms with E-state index in [1.807, 2.05) is 31.2 Å². The molecular formula is C21H24ClN3O4. The maximum Gasteiger partial charge on any atom is 0.312 e. The second kappa shape index (κ2) is 10.5. The minimum atomic E-state index is -0.727. The van der Waals surface area contributed by atoms with E-state index in [9.17, 15) is 14.4 Å². The van der Waals surface area contributed by atoms with Gasteiger partial charge in [-0.2, -0.15) is 0 Å². The predicted octanol–water partition coefficient (Wildman–Crippen LogP) is 3.17. The molecule has 0 heterocycles. The third-order valence-corrected chi connectivity index (χ3v) is 4.73. The zero-order valence-corrected chi connectivity index (χ0v) is 17.0. The van der Waals surface area contributed by atoms with Gasteiger partial charge in [-0.25, -0.2) is 4.79 Å². The first-order valence-corrected chi connectivity index (χ1v) is 9.41. The van der Waals surface area contributed by atoms with Crippen molar-refractivity contribution >= 4 is 29.5 Å². The van der Waals surface area contributed by atoms with Crippen molar-refractivity contribution in [2.24, 2.45) is 5.73 Å². The van der Waals surface area contributed by atoms with Gasteiger partial charge in [0.25, 0.3) is 0 Å². The third kappa shape index (κ3) is 6.80. The topological polar surface area (TPSA) is 111 Å². The average molecular weight is 418 g/mol. The Bertz CT molecular complexity index is 870. The van der Waals surface area contributed by atoms with Gasteiger partial charge in [0.05, 0.1) is 32.0 Å². The molecule has 2 aromatic rings. The number of halogens is 1. The van der Waals surface area contributed by atoms with Crippen LogP contribution in [0.3, 0.4) is 0 Å². The smallest absolute Gasteiger partial charge is 0.312 e. The van der Waals surface area contributed by atoms with Crippen molar-refractivity contribution in [1.82, 2.24) is 10.6 Å². The fourth-order valence-corrected chi connectivity index (χ4v) is 3.15. The van der Waals surface area contributed by atoms with Gasteiger partial charge in [0.2, 0.25) is 5.91 Å². The number of hydrogen-bond donors (Lipinski definition) is 3. The number of esters is 1. The van der Waals surface area contributed by atoms with Crippen LogP contribution >= 0.6 is 11.6 Å². The van der Waals surface area contributed by atoms with E-state index in [2.05, 4.69) is 10.6 Å². The van der Waals surface area contributed by atoms with Gasteiger partial charge < -0.3 is 21.1 Å². The number of nitrogens with two attached hydrogens (primary N) is 1. The van der Waals surface area contributed by atoms with E-state index in [0.29, 0.717) is 10.6 Å². The minimum absolute atomic E-state index is 0.0395. The van der Waals surface area contributed by atoms with Crippen molar-refractivity contribution in [3.8, 4) is 0 Å². The van der Waals surface area contributed by atoms with Gasteiger partial charge in [-0.3, -0.25) is 9.59 Å². The molecule has 0 saturated carbocycles. The Kier molecular flexibility index (Phi) is 8.03. The standard InChI is InChI=1S/C21H24ClN3O4/c1-13-5-3-4-6-16(13)18(25-21(23)28)11-19(26)24-17(12-20(27)29-2)14-7-9-15(22)10-8-14/h3-10,17-18H,11-12H2,1-2H3,(H,24,26)(H3,23,25,28). The molecule has 0 aliphatic heterocycles. The van der Waals surface area contributed by atoms with Crippen molar-refractivity contribution < 1.29 is 19.1 Å². The Balaban J connectivity index is 2.19. The van der Waals surface area contributed by atoms with Crippen LogP contribution in [0.2, 0.25) is 5.02 Å². The number of urea groups is 1. The number of nitrogens with one attached hydrogen (secondary N) is 2. The number of carbonyl (C=O) groups is 3. The number of primary amides is 1. The van der Waals surface area contributed by atoms with Crippen LogP contribution in [0.15, 0.2) is 48.5 Å². The average Bonchev–Trinajstić information content (AvgIpc) is 2.67. The number of benzene rings is 2. The van der Waals surface area contributed by atoms with Crippen molar-refractivity contribution in [1.29, 1.82) is 0 Å². The number of hydrogen-bond acceptors (Lipinski definition) is 4. The summed E-state index contributed by atoms with van der Waals surface area (Å²) in [6, 6.07) is 12.3. The van der Waals surface area contributed by atoms with E-state index in [1.165, 1.54) is 7.11 Å². The van der Waals surface area contributed by atoms with Crippen LogP contribution in [0.1, 0.15) is 41.6 Å². The lowest BCUT2D eigenvalue weighted by Gasteiger charge is -2.22. The Morgan fingerprint density at radius 3 is 2.24 bits per heavy atom. The lowest BCUT2D eigenvalue weighted by molar-refractivity contribution is -0.141. The summed E-state index contributed by atoms with van der Waals surface area (Å²) in [7, 11) is 1.29. The van der Waals surface area contributed by atoms with Crippen LogP contribution in [0.4, 0.5) is 4.79 Å². The van der Waals surface area contributed by atoms with E-state index in [-0.39, 0.29) is 18.7 Å². The highest BCUT2D eigenvalue weighted by atomic mass is 35.5. The lowest BCUT2D eigenvalue weighted by Crippen LogP contribution is -2.38. The van der Waals surface area contributed by atoms with Crippen molar-refractivity contribution in [3.05, 3.63) is 70.2 Å². The first-order chi connectivity index (χ1) is 13.8. The number of aryl methyl sites for hydroxylation is 1. The second-order valence-electron chi connectivity index (χ2n) is 6.57. The molecule has 3 amide bonds. The van der Waals surface area contributed by atoms with Crippen molar-refractivity contribution in [2.45, 2.75) is 31.8 Å². The minimum Gasteiger partial charge on any atom is -0.469 e. The SMILES string of the molecule is COC(=O)CC(NC(=O)CC(NC(N)=O)c1ccccc1C)c1ccc(Cl)cc1. The number of rotatable bonds is 8. The molecule has 0 radical (unpaired) electrons. The zero-order valence-electron chi connectivity index (χ0n) is 16.3. The molecule has 29 heavy (non-hydrogen) atoms. The van der Waals surface area contributed by atoms with Gasteiger partial charge in [0.15, 0.2) is 0 Å². The molecule has 2 unspecified atom stereocenters. The highest BCUT2D eigenvalue weighted by Gasteiger charge is 2.23.